The van der Waals surface area contributed by atoms with Crippen LogP contribution in [0.15, 0.2) is 23.4 Å². The number of alkyl halides is 3. The Kier molecular flexibility index (Phi) is 5.13. The van der Waals surface area contributed by atoms with E-state index in [0.717, 1.165) is 11.8 Å². The molecule has 8 heteroatoms. The third-order valence-electron chi connectivity index (χ3n) is 1.58. The van der Waals surface area contributed by atoms with Gasteiger partial charge in [-0.3, -0.25) is 0 Å². The van der Waals surface area contributed by atoms with Crippen molar-refractivity contribution in [2.45, 2.75) is 10.5 Å². The Hall–Kier alpha value is -0.890. The van der Waals surface area contributed by atoms with Gasteiger partial charge in [0.2, 0.25) is 0 Å². The third kappa shape index (κ3) is 5.83. The van der Waals surface area contributed by atoms with Crippen LogP contribution in [0.3, 0.4) is 0 Å². The largest absolute Gasteiger partial charge is 0.478 e. The second kappa shape index (κ2) is 6.15. The first-order chi connectivity index (χ1) is 7.88. The van der Waals surface area contributed by atoms with E-state index < -0.39 is 11.5 Å². The molecule has 1 rings (SSSR count). The first-order valence-corrected chi connectivity index (χ1v) is 6.38. The average Bonchev–Trinajstić information content (AvgIpc) is 2.24. The second-order valence-corrected chi connectivity index (χ2v) is 5.11. The van der Waals surface area contributed by atoms with Gasteiger partial charge in [-0.25, -0.2) is 9.78 Å². The fourth-order valence-corrected chi connectivity index (χ4v) is 2.29. The maximum atomic E-state index is 11.8. The van der Waals surface area contributed by atoms with Crippen molar-refractivity contribution in [3.8, 4) is 0 Å². The summed E-state index contributed by atoms with van der Waals surface area (Å²) in [6, 6.07) is 2.85. The van der Waals surface area contributed by atoms with Gasteiger partial charge in [0.15, 0.2) is 0 Å². The SMILES string of the molecule is O=C(O)c1ccc(SCCSC(F)(F)F)nc1. The molecular formula is C9H8F3NO2S2. The fraction of sp³-hybridized carbons (Fsp3) is 0.333. The molecule has 1 aromatic rings. The molecule has 0 unspecified atom stereocenters. The van der Waals surface area contributed by atoms with Gasteiger partial charge in [-0.05, 0) is 12.1 Å². The Labute approximate surface area is 104 Å². The molecule has 1 heterocycles. The zero-order valence-corrected chi connectivity index (χ0v) is 10.0. The minimum absolute atomic E-state index is 0.0546. The molecule has 1 aromatic heterocycles. The lowest BCUT2D eigenvalue weighted by atomic mass is 10.3. The molecular weight excluding hydrogens is 275 g/mol. The highest BCUT2D eigenvalue weighted by Gasteiger charge is 2.27. The highest BCUT2D eigenvalue weighted by Crippen LogP contribution is 2.31. The van der Waals surface area contributed by atoms with Crippen LogP contribution in [-0.4, -0.2) is 33.1 Å². The number of carboxylic acid groups (broad SMARTS) is 1. The van der Waals surface area contributed by atoms with E-state index in [4.69, 9.17) is 5.11 Å². The molecule has 0 radical (unpaired) electrons. The second-order valence-electron chi connectivity index (χ2n) is 2.83. The predicted molar refractivity (Wildman–Crippen MR) is 60.4 cm³/mol. The Morgan fingerprint density at radius 3 is 2.53 bits per heavy atom. The van der Waals surface area contributed by atoms with Crippen molar-refractivity contribution in [2.24, 2.45) is 0 Å². The van der Waals surface area contributed by atoms with Crippen LogP contribution in [0.5, 0.6) is 0 Å². The van der Waals surface area contributed by atoms with E-state index in [0.29, 0.717) is 5.03 Å². The molecule has 3 nitrogen and oxygen atoms in total. The van der Waals surface area contributed by atoms with E-state index in [9.17, 15) is 18.0 Å². The standard InChI is InChI=1S/C9H8F3NO2S2/c10-9(11,12)17-4-3-16-7-2-1-6(5-13-7)8(14)15/h1-2,5H,3-4H2,(H,14,15). The molecule has 94 valence electrons. The molecule has 0 aliphatic heterocycles. The third-order valence-corrected chi connectivity index (χ3v) is 3.52. The lowest BCUT2D eigenvalue weighted by molar-refractivity contribution is -0.0326. The van der Waals surface area contributed by atoms with E-state index in [-0.39, 0.29) is 28.8 Å². The van der Waals surface area contributed by atoms with Gasteiger partial charge in [0.05, 0.1) is 10.6 Å². The summed E-state index contributed by atoms with van der Waals surface area (Å²) >= 11 is 1.07. The van der Waals surface area contributed by atoms with Gasteiger partial charge in [-0.2, -0.15) is 13.2 Å². The van der Waals surface area contributed by atoms with Crippen molar-refractivity contribution >= 4 is 29.5 Å². The summed E-state index contributed by atoms with van der Waals surface area (Å²) in [7, 11) is 0. The molecule has 0 saturated heterocycles. The minimum atomic E-state index is -4.21. The number of carbonyl (C=O) groups is 1. The normalized spacial score (nSPS) is 11.5. The van der Waals surface area contributed by atoms with E-state index in [1.807, 2.05) is 0 Å². The first kappa shape index (κ1) is 14.2. The summed E-state index contributed by atoms with van der Waals surface area (Å²) in [5.74, 6) is -0.873. The molecule has 0 fully saturated rings. The van der Waals surface area contributed by atoms with Gasteiger partial charge in [-0.15, -0.1) is 11.8 Å². The number of nitrogens with zero attached hydrogens (tertiary/aromatic N) is 1. The van der Waals surface area contributed by atoms with Crippen molar-refractivity contribution in [1.29, 1.82) is 0 Å². The van der Waals surface area contributed by atoms with Gasteiger partial charge in [-0.1, -0.05) is 11.8 Å². The predicted octanol–water partition coefficient (Wildman–Crippen LogP) is 3.12. The molecule has 0 bridgehead atoms. The highest BCUT2D eigenvalue weighted by atomic mass is 32.2. The number of aromatic nitrogens is 1. The summed E-state index contributed by atoms with van der Waals surface area (Å²) in [5.41, 5.74) is -4.15. The van der Waals surface area contributed by atoms with Gasteiger partial charge in [0.1, 0.15) is 0 Å². The molecule has 0 aromatic carbocycles. The monoisotopic (exact) mass is 283 g/mol. The number of halogens is 3. The quantitative estimate of drug-likeness (QED) is 0.664. The number of thioether (sulfide) groups is 2. The Bertz CT molecular complexity index is 381. The molecule has 0 aliphatic rings. The van der Waals surface area contributed by atoms with E-state index in [1.54, 1.807) is 0 Å². The van der Waals surface area contributed by atoms with E-state index >= 15 is 0 Å². The van der Waals surface area contributed by atoms with Gasteiger partial charge >= 0.3 is 11.5 Å². The number of pyridine rings is 1. The number of aromatic carboxylic acids is 1. The van der Waals surface area contributed by atoms with E-state index in [1.165, 1.54) is 18.3 Å². The zero-order valence-electron chi connectivity index (χ0n) is 8.40. The van der Waals surface area contributed by atoms with Crippen LogP contribution < -0.4 is 0 Å². The number of rotatable bonds is 5. The van der Waals surface area contributed by atoms with Crippen LogP contribution in [0.25, 0.3) is 0 Å². The smallest absolute Gasteiger partial charge is 0.441 e. The van der Waals surface area contributed by atoms with Crippen molar-refractivity contribution in [3.63, 3.8) is 0 Å². The van der Waals surface area contributed by atoms with Crippen LogP contribution in [0, 0.1) is 0 Å². The summed E-state index contributed by atoms with van der Waals surface area (Å²) in [6.45, 7) is 0. The van der Waals surface area contributed by atoms with Gasteiger partial charge in [0.25, 0.3) is 0 Å². The molecule has 0 aliphatic carbocycles. The molecule has 1 N–H and O–H groups in total. The van der Waals surface area contributed by atoms with Crippen LogP contribution in [0.4, 0.5) is 13.2 Å². The summed E-state index contributed by atoms with van der Waals surface area (Å²) in [5, 5.41) is 9.12. The van der Waals surface area contributed by atoms with Crippen molar-refractivity contribution in [1.82, 2.24) is 4.98 Å². The van der Waals surface area contributed by atoms with Crippen LogP contribution in [0.1, 0.15) is 10.4 Å². The Morgan fingerprint density at radius 2 is 2.06 bits per heavy atom. The van der Waals surface area contributed by atoms with Crippen LogP contribution in [-0.2, 0) is 0 Å². The van der Waals surface area contributed by atoms with Crippen molar-refractivity contribution in [2.75, 3.05) is 11.5 Å². The molecule has 0 saturated carbocycles. The zero-order chi connectivity index (χ0) is 12.9. The molecule has 17 heavy (non-hydrogen) atoms. The van der Waals surface area contributed by atoms with Gasteiger partial charge in [0, 0.05) is 17.7 Å². The maximum Gasteiger partial charge on any atom is 0.441 e. The van der Waals surface area contributed by atoms with Crippen molar-refractivity contribution < 1.29 is 23.1 Å². The Balaban J connectivity index is 2.35. The Morgan fingerprint density at radius 1 is 1.35 bits per heavy atom. The molecule has 0 atom stereocenters. The lowest BCUT2D eigenvalue weighted by Crippen LogP contribution is -2.02. The van der Waals surface area contributed by atoms with Crippen molar-refractivity contribution in [3.05, 3.63) is 23.9 Å². The lowest BCUT2D eigenvalue weighted by Gasteiger charge is -2.04. The van der Waals surface area contributed by atoms with E-state index in [2.05, 4.69) is 4.98 Å². The topological polar surface area (TPSA) is 50.2 Å². The van der Waals surface area contributed by atoms with Crippen LogP contribution in [0.2, 0.25) is 0 Å². The number of hydrogen-bond acceptors (Lipinski definition) is 4. The first-order valence-electron chi connectivity index (χ1n) is 4.41. The number of hydrogen-bond donors (Lipinski definition) is 1. The average molecular weight is 283 g/mol. The minimum Gasteiger partial charge on any atom is -0.478 e. The maximum absolute atomic E-state index is 11.8. The summed E-state index contributed by atoms with van der Waals surface area (Å²) in [6.07, 6.45) is 1.18. The fourth-order valence-electron chi connectivity index (χ4n) is 0.896. The van der Waals surface area contributed by atoms with Gasteiger partial charge < -0.3 is 5.11 Å². The molecule has 0 spiro atoms. The van der Waals surface area contributed by atoms with Crippen LogP contribution >= 0.6 is 23.5 Å². The highest BCUT2D eigenvalue weighted by molar-refractivity contribution is 8.03. The summed E-state index contributed by atoms with van der Waals surface area (Å²) < 4.78 is 35.4. The summed E-state index contributed by atoms with van der Waals surface area (Å²) in [4.78, 5) is 14.3. The molecule has 0 amide bonds. The number of carboxylic acids is 1.